The Morgan fingerprint density at radius 3 is 2.04 bits per heavy atom. The summed E-state index contributed by atoms with van der Waals surface area (Å²) in [5.74, 6) is -1.25. The van der Waals surface area contributed by atoms with Crippen molar-refractivity contribution in [3.63, 3.8) is 0 Å². The summed E-state index contributed by atoms with van der Waals surface area (Å²) < 4.78 is 18.4. The predicted octanol–water partition coefficient (Wildman–Crippen LogP) is 4.84. The number of aliphatic hydroxyl groups is 1. The number of ether oxygens (including phenoxy) is 2. The summed E-state index contributed by atoms with van der Waals surface area (Å²) in [6, 6.07) is 26.9. The van der Waals surface area contributed by atoms with Crippen LogP contribution >= 0.6 is 11.3 Å². The van der Waals surface area contributed by atoms with Gasteiger partial charge in [0.25, 0.3) is 8.32 Å². The highest BCUT2D eigenvalue weighted by Crippen LogP contribution is 2.36. The van der Waals surface area contributed by atoms with Crippen LogP contribution in [0.25, 0.3) is 10.4 Å². The molecule has 0 saturated carbocycles. The summed E-state index contributed by atoms with van der Waals surface area (Å²) in [6.07, 6.45) is -0.751. The van der Waals surface area contributed by atoms with Crippen LogP contribution in [0.3, 0.4) is 0 Å². The highest BCUT2D eigenvalue weighted by atomic mass is 32.1. The minimum Gasteiger partial charge on any atom is -0.405 e. The van der Waals surface area contributed by atoms with E-state index in [0.29, 0.717) is 13.2 Å². The van der Waals surface area contributed by atoms with Crippen LogP contribution in [0.15, 0.2) is 90.4 Å². The lowest BCUT2D eigenvalue weighted by Gasteiger charge is -2.43. The SMILES string of the molecule is Cc1ncsc1-c1ccc(CNC(=O)[C@@H]2C[C@@H](O)CN2C(=O)[C@@H](NC(=O)COCCOCCO[Si](c2ccccc2)(c2ccccc2)C(C)(C)C)C(C)(C)C)cc1. The summed E-state index contributed by atoms with van der Waals surface area (Å²) in [6.45, 7) is 15.4. The Hall–Kier alpha value is -4.24. The van der Waals surface area contributed by atoms with Crippen molar-refractivity contribution in [1.29, 1.82) is 0 Å². The quantitative estimate of drug-likeness (QED) is 0.102. The Labute approximate surface area is 342 Å². The molecule has 3 atom stereocenters. The number of β-amino-alcohol motifs (C(OH)–C–C–N with tert-alkyl or cyclic N) is 1. The Morgan fingerprint density at radius 2 is 1.47 bits per heavy atom. The van der Waals surface area contributed by atoms with Crippen LogP contribution < -0.4 is 21.0 Å². The zero-order valence-electron chi connectivity index (χ0n) is 34.2. The van der Waals surface area contributed by atoms with E-state index in [1.807, 2.05) is 69.6 Å². The molecular weight excluding hydrogens is 757 g/mol. The molecule has 0 spiro atoms. The molecular formula is C44H58N4O7SSi. The van der Waals surface area contributed by atoms with Gasteiger partial charge in [-0.25, -0.2) is 4.98 Å². The molecule has 13 heteroatoms. The van der Waals surface area contributed by atoms with E-state index in [1.54, 1.807) is 11.3 Å². The highest BCUT2D eigenvalue weighted by Gasteiger charge is 2.50. The molecule has 2 heterocycles. The number of carbonyl (C=O) groups is 3. The largest absolute Gasteiger partial charge is 0.405 e. The van der Waals surface area contributed by atoms with Crippen molar-refractivity contribution >= 4 is 47.7 Å². The molecule has 5 rings (SSSR count). The van der Waals surface area contributed by atoms with E-state index in [-0.39, 0.29) is 50.3 Å². The molecule has 306 valence electrons. The van der Waals surface area contributed by atoms with Crippen LogP contribution in [-0.4, -0.2) is 98.8 Å². The summed E-state index contributed by atoms with van der Waals surface area (Å²) >= 11 is 1.58. The number of amides is 3. The standard InChI is InChI=1S/C44H58N4O7SSi/c1-31-39(56-30-46-31)33-20-18-32(19-21-33)27-45-41(51)37-26-34(49)28-48(37)42(52)40(43(2,3)4)47-38(50)29-54-23-22-53-24-25-55-57(44(5,6)7,35-14-10-8-11-15-35)36-16-12-9-13-17-36/h8-21,30,34,37,40,49H,22-29H2,1-7H3,(H,45,51)(H,47,50)/t34-,37+,40-/m1/s1. The summed E-state index contributed by atoms with van der Waals surface area (Å²) in [4.78, 5) is 47.3. The van der Waals surface area contributed by atoms with Gasteiger partial charge in [0.05, 0.1) is 48.6 Å². The molecule has 1 aliphatic rings. The van der Waals surface area contributed by atoms with Crippen LogP contribution in [0.2, 0.25) is 5.04 Å². The molecule has 1 fully saturated rings. The average molecular weight is 815 g/mol. The summed E-state index contributed by atoms with van der Waals surface area (Å²) in [7, 11) is -2.67. The van der Waals surface area contributed by atoms with Crippen LogP contribution in [0.5, 0.6) is 0 Å². The molecule has 3 N–H and O–H groups in total. The number of nitrogens with zero attached hydrogens (tertiary/aromatic N) is 2. The van der Waals surface area contributed by atoms with E-state index < -0.39 is 43.7 Å². The van der Waals surface area contributed by atoms with Crippen molar-refractivity contribution in [1.82, 2.24) is 20.5 Å². The average Bonchev–Trinajstić information content (AvgIpc) is 3.80. The number of rotatable bonds is 17. The van der Waals surface area contributed by atoms with Crippen molar-refractivity contribution in [2.45, 2.75) is 84.7 Å². The lowest BCUT2D eigenvalue weighted by atomic mass is 9.85. The third kappa shape index (κ3) is 11.0. The monoisotopic (exact) mass is 814 g/mol. The smallest absolute Gasteiger partial charge is 0.261 e. The minimum atomic E-state index is -2.67. The van der Waals surface area contributed by atoms with Gasteiger partial charge in [-0.3, -0.25) is 14.4 Å². The Bertz CT molecular complexity index is 1870. The topological polar surface area (TPSA) is 139 Å². The first-order valence-electron chi connectivity index (χ1n) is 19.6. The number of aryl methyl sites for hydroxylation is 1. The molecule has 11 nitrogen and oxygen atoms in total. The Morgan fingerprint density at radius 1 is 0.877 bits per heavy atom. The van der Waals surface area contributed by atoms with Crippen LogP contribution in [0.1, 0.15) is 59.2 Å². The first-order chi connectivity index (χ1) is 27.1. The summed E-state index contributed by atoms with van der Waals surface area (Å²) in [5.41, 5.74) is 4.06. The molecule has 3 aromatic carbocycles. The van der Waals surface area contributed by atoms with Crippen LogP contribution in [0, 0.1) is 12.3 Å². The van der Waals surface area contributed by atoms with Crippen LogP contribution in [-0.2, 0) is 34.8 Å². The summed E-state index contributed by atoms with van der Waals surface area (Å²) in [5, 5.41) is 18.6. The van der Waals surface area contributed by atoms with E-state index in [0.717, 1.165) is 21.7 Å². The normalized spacial score (nSPS) is 16.7. The zero-order chi connectivity index (χ0) is 41.2. The number of carbonyl (C=O) groups excluding carboxylic acids is 3. The fourth-order valence-electron chi connectivity index (χ4n) is 7.38. The van der Waals surface area contributed by atoms with Gasteiger partial charge in [0.1, 0.15) is 18.7 Å². The first kappa shape index (κ1) is 43.9. The number of thiazole rings is 1. The predicted molar refractivity (Wildman–Crippen MR) is 227 cm³/mol. The van der Waals surface area contributed by atoms with Crippen molar-refractivity contribution < 1.29 is 33.4 Å². The maximum atomic E-state index is 14.0. The van der Waals surface area contributed by atoms with Gasteiger partial charge >= 0.3 is 0 Å². The van der Waals surface area contributed by atoms with E-state index in [4.69, 9.17) is 13.9 Å². The second-order valence-electron chi connectivity index (χ2n) is 16.6. The van der Waals surface area contributed by atoms with E-state index >= 15 is 0 Å². The molecule has 0 radical (unpaired) electrons. The molecule has 0 bridgehead atoms. The third-order valence-electron chi connectivity index (χ3n) is 10.3. The molecule has 4 aromatic rings. The Kier molecular flexibility index (Phi) is 15.0. The molecule has 0 unspecified atom stereocenters. The number of aromatic nitrogens is 1. The molecule has 57 heavy (non-hydrogen) atoms. The third-order valence-corrected chi connectivity index (χ3v) is 16.3. The number of hydrogen-bond acceptors (Lipinski definition) is 9. The van der Waals surface area contributed by atoms with Crippen molar-refractivity contribution in [3.05, 3.63) is 102 Å². The number of hydrogen-bond donors (Lipinski definition) is 3. The minimum absolute atomic E-state index is 0.00409. The second kappa shape index (κ2) is 19.5. The molecule has 1 saturated heterocycles. The Balaban J connectivity index is 1.09. The lowest BCUT2D eigenvalue weighted by Crippen LogP contribution is -2.66. The van der Waals surface area contributed by atoms with E-state index in [1.165, 1.54) is 15.3 Å². The van der Waals surface area contributed by atoms with E-state index in [9.17, 15) is 19.5 Å². The zero-order valence-corrected chi connectivity index (χ0v) is 36.1. The number of aliphatic hydroxyl groups excluding tert-OH is 1. The van der Waals surface area contributed by atoms with Gasteiger partial charge in [-0.15, -0.1) is 11.3 Å². The molecule has 1 aliphatic heterocycles. The van der Waals surface area contributed by atoms with Crippen molar-refractivity contribution in [3.8, 4) is 10.4 Å². The van der Waals surface area contributed by atoms with Gasteiger partial charge in [0.15, 0.2) is 0 Å². The molecule has 3 amide bonds. The van der Waals surface area contributed by atoms with Gasteiger partial charge in [-0.05, 0) is 38.9 Å². The fraction of sp³-hybridized carbons (Fsp3) is 0.455. The molecule has 0 aliphatic carbocycles. The lowest BCUT2D eigenvalue weighted by molar-refractivity contribution is -0.144. The maximum absolute atomic E-state index is 14.0. The highest BCUT2D eigenvalue weighted by molar-refractivity contribution is 7.13. The number of likely N-dealkylation sites (tertiary alicyclic amines) is 1. The first-order valence-corrected chi connectivity index (χ1v) is 22.4. The molecule has 1 aromatic heterocycles. The van der Waals surface area contributed by atoms with Gasteiger partial charge in [-0.1, -0.05) is 126 Å². The van der Waals surface area contributed by atoms with Crippen molar-refractivity contribution in [2.24, 2.45) is 5.41 Å². The van der Waals surface area contributed by atoms with Gasteiger partial charge in [-0.2, -0.15) is 0 Å². The van der Waals surface area contributed by atoms with Crippen LogP contribution in [0.4, 0.5) is 0 Å². The van der Waals surface area contributed by atoms with Gasteiger partial charge < -0.3 is 34.5 Å². The number of benzene rings is 3. The number of nitrogens with one attached hydrogen (secondary N) is 2. The van der Waals surface area contributed by atoms with Crippen molar-refractivity contribution in [2.75, 3.05) is 39.6 Å². The maximum Gasteiger partial charge on any atom is 0.261 e. The second-order valence-corrected chi connectivity index (χ2v) is 21.8. The van der Waals surface area contributed by atoms with Gasteiger partial charge in [0.2, 0.25) is 17.7 Å². The fourth-order valence-corrected chi connectivity index (χ4v) is 12.7. The van der Waals surface area contributed by atoms with E-state index in [2.05, 4.69) is 84.9 Å². The van der Waals surface area contributed by atoms with Gasteiger partial charge in [0, 0.05) is 19.5 Å².